The van der Waals surface area contributed by atoms with Crippen molar-refractivity contribution < 1.29 is 13.9 Å². The predicted molar refractivity (Wildman–Crippen MR) is 150 cm³/mol. The molecule has 0 saturated carbocycles. The van der Waals surface area contributed by atoms with E-state index in [1.165, 1.54) is 0 Å². The van der Waals surface area contributed by atoms with Gasteiger partial charge in [-0.15, -0.1) is 0 Å². The number of carbonyl (C=O) groups is 1. The van der Waals surface area contributed by atoms with Crippen LogP contribution in [0.15, 0.2) is 102 Å². The highest BCUT2D eigenvalue weighted by atomic mass is 16.5. The van der Waals surface area contributed by atoms with E-state index in [0.29, 0.717) is 24.5 Å². The summed E-state index contributed by atoms with van der Waals surface area (Å²) in [6, 6.07) is 27.8. The number of para-hydroxylation sites is 4. The van der Waals surface area contributed by atoms with E-state index in [1.54, 1.807) is 13.2 Å². The highest BCUT2D eigenvalue weighted by molar-refractivity contribution is 5.93. The number of carbonyl (C=O) groups excluding carboxylic acids is 1. The minimum Gasteiger partial charge on any atom is -0.495 e. The standard InChI is InChI=1S/C31H28N4O3/c1-37-28-14-8-6-12-26(28)33-17-19-34(20-18-33)30(36)16-15-24-22-35(25-10-3-2-4-11-25)32-31(24)29-21-23-9-5-7-13-27(23)38-29/h2-16,21-22H,17-20H2,1H3/b16-15+. The van der Waals surface area contributed by atoms with Crippen LogP contribution in [0.2, 0.25) is 0 Å². The second-order valence-electron chi connectivity index (χ2n) is 9.18. The van der Waals surface area contributed by atoms with E-state index in [1.807, 2.05) is 101 Å². The zero-order chi connectivity index (χ0) is 25.9. The average molecular weight is 505 g/mol. The van der Waals surface area contributed by atoms with E-state index >= 15 is 0 Å². The second-order valence-corrected chi connectivity index (χ2v) is 9.18. The third-order valence-electron chi connectivity index (χ3n) is 6.84. The Morgan fingerprint density at radius 2 is 1.66 bits per heavy atom. The molecule has 0 aliphatic carbocycles. The normalized spacial score (nSPS) is 13.9. The van der Waals surface area contributed by atoms with Crippen LogP contribution in [0.3, 0.4) is 0 Å². The topological polar surface area (TPSA) is 63.7 Å². The van der Waals surface area contributed by atoms with Gasteiger partial charge in [-0.3, -0.25) is 4.79 Å². The largest absolute Gasteiger partial charge is 0.495 e. The van der Waals surface area contributed by atoms with Crippen molar-refractivity contribution in [2.45, 2.75) is 0 Å². The summed E-state index contributed by atoms with van der Waals surface area (Å²) in [5.74, 6) is 1.49. The number of aromatic nitrogens is 2. The van der Waals surface area contributed by atoms with Gasteiger partial charge in [-0.1, -0.05) is 48.5 Å². The summed E-state index contributed by atoms with van der Waals surface area (Å²) in [6.45, 7) is 2.77. The van der Waals surface area contributed by atoms with Gasteiger partial charge in [0.2, 0.25) is 5.91 Å². The first-order valence-corrected chi connectivity index (χ1v) is 12.7. The maximum absolute atomic E-state index is 13.1. The number of nitrogens with zero attached hydrogens (tertiary/aromatic N) is 4. The van der Waals surface area contributed by atoms with Crippen LogP contribution in [0, 0.1) is 0 Å². The number of hydrogen-bond donors (Lipinski definition) is 0. The summed E-state index contributed by atoms with van der Waals surface area (Å²) in [6.07, 6.45) is 5.41. The Hall–Kier alpha value is -4.78. The number of anilines is 1. The van der Waals surface area contributed by atoms with Gasteiger partial charge in [-0.05, 0) is 42.5 Å². The first-order valence-electron chi connectivity index (χ1n) is 12.7. The molecule has 0 bridgehead atoms. The first-order chi connectivity index (χ1) is 18.7. The lowest BCUT2D eigenvalue weighted by molar-refractivity contribution is -0.126. The quantitative estimate of drug-likeness (QED) is 0.280. The van der Waals surface area contributed by atoms with Crippen LogP contribution in [-0.2, 0) is 4.79 Å². The molecule has 2 aromatic heterocycles. The van der Waals surface area contributed by atoms with Gasteiger partial charge in [-0.2, -0.15) is 5.10 Å². The van der Waals surface area contributed by atoms with E-state index < -0.39 is 0 Å². The van der Waals surface area contributed by atoms with Crippen molar-refractivity contribution in [1.82, 2.24) is 14.7 Å². The lowest BCUT2D eigenvalue weighted by Crippen LogP contribution is -2.48. The Morgan fingerprint density at radius 3 is 2.45 bits per heavy atom. The molecule has 1 saturated heterocycles. The third-order valence-corrected chi connectivity index (χ3v) is 6.84. The number of fused-ring (bicyclic) bond motifs is 1. The van der Waals surface area contributed by atoms with Crippen LogP contribution in [0.4, 0.5) is 5.69 Å². The van der Waals surface area contributed by atoms with Gasteiger partial charge in [0.25, 0.3) is 0 Å². The zero-order valence-electron chi connectivity index (χ0n) is 21.2. The number of furan rings is 1. The minimum atomic E-state index is -0.0207. The van der Waals surface area contributed by atoms with Gasteiger partial charge in [0, 0.05) is 49.4 Å². The number of ether oxygens (including phenoxy) is 1. The molecule has 0 unspecified atom stereocenters. The molecule has 5 aromatic rings. The van der Waals surface area contributed by atoms with E-state index in [0.717, 1.165) is 46.7 Å². The number of methoxy groups -OCH3 is 1. The van der Waals surface area contributed by atoms with Crippen LogP contribution < -0.4 is 9.64 Å². The number of amides is 1. The van der Waals surface area contributed by atoms with Crippen molar-refractivity contribution in [2.75, 3.05) is 38.2 Å². The van der Waals surface area contributed by atoms with Crippen LogP contribution in [-0.4, -0.2) is 53.9 Å². The predicted octanol–water partition coefficient (Wildman–Crippen LogP) is 5.66. The van der Waals surface area contributed by atoms with Gasteiger partial charge < -0.3 is 19.0 Å². The molecule has 38 heavy (non-hydrogen) atoms. The zero-order valence-corrected chi connectivity index (χ0v) is 21.2. The fraction of sp³-hybridized carbons (Fsp3) is 0.161. The second kappa shape index (κ2) is 10.3. The molecule has 1 fully saturated rings. The lowest BCUT2D eigenvalue weighted by atomic mass is 10.1. The Balaban J connectivity index is 1.23. The van der Waals surface area contributed by atoms with Crippen LogP contribution >= 0.6 is 0 Å². The Bertz CT molecular complexity index is 1560. The number of rotatable bonds is 6. The molecule has 0 N–H and O–H groups in total. The molecule has 3 heterocycles. The summed E-state index contributed by atoms with van der Waals surface area (Å²) >= 11 is 0. The van der Waals surface area contributed by atoms with Crippen molar-refractivity contribution in [2.24, 2.45) is 0 Å². The highest BCUT2D eigenvalue weighted by Gasteiger charge is 2.22. The summed E-state index contributed by atoms with van der Waals surface area (Å²) in [7, 11) is 1.68. The Morgan fingerprint density at radius 1 is 0.921 bits per heavy atom. The van der Waals surface area contributed by atoms with Crippen molar-refractivity contribution in [3.63, 3.8) is 0 Å². The molecular weight excluding hydrogens is 476 g/mol. The molecule has 190 valence electrons. The van der Waals surface area contributed by atoms with E-state index in [9.17, 15) is 4.79 Å². The van der Waals surface area contributed by atoms with Gasteiger partial charge in [0.1, 0.15) is 17.0 Å². The maximum Gasteiger partial charge on any atom is 0.246 e. The Labute approximate surface area is 221 Å². The SMILES string of the molecule is COc1ccccc1N1CCN(C(=O)/C=C/c2cn(-c3ccccc3)nc2-c2cc3ccccc3o2)CC1. The summed E-state index contributed by atoms with van der Waals surface area (Å²) in [5, 5.41) is 5.83. The van der Waals surface area contributed by atoms with Crippen LogP contribution in [0.5, 0.6) is 5.75 Å². The molecule has 0 atom stereocenters. The van der Waals surface area contributed by atoms with Gasteiger partial charge in [-0.25, -0.2) is 4.68 Å². The fourth-order valence-electron chi connectivity index (χ4n) is 4.84. The molecule has 1 amide bonds. The van der Waals surface area contributed by atoms with E-state index in [2.05, 4.69) is 11.0 Å². The van der Waals surface area contributed by atoms with Crippen molar-refractivity contribution in [1.29, 1.82) is 0 Å². The Kier molecular flexibility index (Phi) is 6.40. The van der Waals surface area contributed by atoms with Crippen LogP contribution in [0.1, 0.15) is 5.56 Å². The van der Waals surface area contributed by atoms with Crippen molar-refractivity contribution >= 4 is 28.6 Å². The number of piperazine rings is 1. The molecule has 1 aliphatic heterocycles. The lowest BCUT2D eigenvalue weighted by Gasteiger charge is -2.36. The third kappa shape index (κ3) is 4.66. The van der Waals surface area contributed by atoms with Crippen LogP contribution in [0.25, 0.3) is 34.2 Å². The molecule has 7 nitrogen and oxygen atoms in total. The molecule has 0 radical (unpaired) electrons. The molecular formula is C31H28N4O3. The van der Waals surface area contributed by atoms with Gasteiger partial charge in [0.15, 0.2) is 5.76 Å². The number of hydrogen-bond acceptors (Lipinski definition) is 5. The first kappa shape index (κ1) is 23.6. The molecule has 1 aliphatic rings. The average Bonchev–Trinajstić information content (AvgIpc) is 3.61. The molecule has 3 aromatic carbocycles. The number of benzene rings is 3. The molecule has 7 heteroatoms. The van der Waals surface area contributed by atoms with Crippen molar-refractivity contribution in [3.8, 4) is 22.9 Å². The maximum atomic E-state index is 13.1. The monoisotopic (exact) mass is 504 g/mol. The molecule has 6 rings (SSSR count). The fourth-order valence-corrected chi connectivity index (χ4v) is 4.84. The highest BCUT2D eigenvalue weighted by Crippen LogP contribution is 2.31. The summed E-state index contributed by atoms with van der Waals surface area (Å²) in [4.78, 5) is 17.3. The summed E-state index contributed by atoms with van der Waals surface area (Å²) in [5.41, 5.74) is 4.30. The summed E-state index contributed by atoms with van der Waals surface area (Å²) < 4.78 is 13.4. The minimum absolute atomic E-state index is 0.0207. The molecule has 0 spiro atoms. The smallest absolute Gasteiger partial charge is 0.246 e. The van der Waals surface area contributed by atoms with Gasteiger partial charge >= 0.3 is 0 Å². The van der Waals surface area contributed by atoms with E-state index in [-0.39, 0.29) is 5.91 Å². The van der Waals surface area contributed by atoms with E-state index in [4.69, 9.17) is 14.3 Å². The van der Waals surface area contributed by atoms with Crippen molar-refractivity contribution in [3.05, 3.63) is 103 Å². The van der Waals surface area contributed by atoms with Gasteiger partial charge in [0.05, 0.1) is 18.5 Å².